The minimum Gasteiger partial charge on any atom is -0.352 e. The maximum Gasteiger partial charge on any atom is 0.252 e. The van der Waals surface area contributed by atoms with Gasteiger partial charge in [0.15, 0.2) is 8.38 Å². The number of hydrogen-bond acceptors (Lipinski definition) is 6. The first-order chi connectivity index (χ1) is 12.7. The molecular formula is C16H26N5O3P. The van der Waals surface area contributed by atoms with Crippen molar-refractivity contribution in [2.45, 2.75) is 25.7 Å². The molecule has 1 atom stereocenters. The van der Waals surface area contributed by atoms with Crippen LogP contribution >= 0.6 is 8.38 Å². The molecule has 9 heteroatoms. The molecule has 8 nitrogen and oxygen atoms in total. The van der Waals surface area contributed by atoms with Gasteiger partial charge in [-0.2, -0.15) is 0 Å². The van der Waals surface area contributed by atoms with Crippen LogP contribution in [0.5, 0.6) is 0 Å². The predicted octanol–water partition coefficient (Wildman–Crippen LogP) is 2.55. The Morgan fingerprint density at radius 2 is 2.16 bits per heavy atom. The van der Waals surface area contributed by atoms with Crippen molar-refractivity contribution in [2.24, 2.45) is 5.84 Å². The van der Waals surface area contributed by atoms with E-state index in [0.717, 1.165) is 25.7 Å². The third-order valence-electron chi connectivity index (χ3n) is 3.26. The van der Waals surface area contributed by atoms with Crippen LogP contribution in [-0.4, -0.2) is 43.9 Å². The van der Waals surface area contributed by atoms with E-state index in [1.54, 1.807) is 12.1 Å². The fourth-order valence-electron chi connectivity index (χ4n) is 1.93. The summed E-state index contributed by atoms with van der Waals surface area (Å²) in [6.07, 6.45) is 5.37. The average Bonchev–Trinajstić information content (AvgIpc) is 2.65. The summed E-state index contributed by atoms with van der Waals surface area (Å²) in [7, 11) is -0.884. The van der Waals surface area contributed by atoms with Crippen LogP contribution in [0, 0.1) is 6.57 Å². The Bertz CT molecular complexity index is 556. The van der Waals surface area contributed by atoms with Crippen LogP contribution in [0.2, 0.25) is 1.41 Å². The minimum absolute atomic E-state index is 0.153. The summed E-state index contributed by atoms with van der Waals surface area (Å²) < 4.78 is 17.7. The van der Waals surface area contributed by atoms with Gasteiger partial charge in [-0.25, -0.2) is 17.4 Å². The van der Waals surface area contributed by atoms with Crippen molar-refractivity contribution >= 4 is 20.1 Å². The molecule has 1 rings (SSSR count). The quantitative estimate of drug-likeness (QED) is 0.153. The van der Waals surface area contributed by atoms with E-state index in [9.17, 15) is 4.79 Å². The largest absolute Gasteiger partial charge is 0.352 e. The highest BCUT2D eigenvalue weighted by Gasteiger charge is 2.05. The number of nitrogens with one attached hydrogen (secondary N) is 2. The second kappa shape index (κ2) is 13.5. The van der Waals surface area contributed by atoms with Crippen LogP contribution in [-0.2, 0) is 9.05 Å². The molecule has 1 amide bonds. The fraction of sp³-hybridized carbons (Fsp3) is 0.562. The molecule has 4 N–H and O–H groups in total. The molecule has 0 saturated carbocycles. The maximum atomic E-state index is 12.0. The SMILES string of the molecule is [2H]NNc1ccc(C(=O)NCCCCCCOP(C)OCC[N+]#[C-])cn1. The molecule has 0 aromatic carbocycles. The molecule has 0 saturated heterocycles. The van der Waals surface area contributed by atoms with Crippen LogP contribution in [0.15, 0.2) is 18.3 Å². The van der Waals surface area contributed by atoms with Crippen molar-refractivity contribution in [1.29, 1.82) is 0 Å². The monoisotopic (exact) mass is 368 g/mol. The number of carbonyl (C=O) groups excluding carboxylic acids is 1. The maximum absolute atomic E-state index is 12.0. The first-order valence-electron chi connectivity index (χ1n) is 8.67. The highest BCUT2D eigenvalue weighted by molar-refractivity contribution is 7.46. The molecule has 0 spiro atoms. The van der Waals surface area contributed by atoms with E-state index in [2.05, 4.69) is 20.6 Å². The summed E-state index contributed by atoms with van der Waals surface area (Å²) in [4.78, 5) is 19.2. The summed E-state index contributed by atoms with van der Waals surface area (Å²) in [5.74, 6) is 2.35. The van der Waals surface area contributed by atoms with E-state index in [1.165, 1.54) is 6.20 Å². The van der Waals surface area contributed by atoms with E-state index < -0.39 is 8.38 Å². The first-order valence-corrected chi connectivity index (χ1v) is 9.79. The Morgan fingerprint density at radius 1 is 1.36 bits per heavy atom. The van der Waals surface area contributed by atoms with Gasteiger partial charge in [-0.15, -0.1) is 0 Å². The van der Waals surface area contributed by atoms with Gasteiger partial charge in [-0.1, -0.05) is 12.8 Å². The van der Waals surface area contributed by atoms with Crippen molar-refractivity contribution in [3.05, 3.63) is 35.3 Å². The van der Waals surface area contributed by atoms with Crippen LogP contribution in [0.1, 0.15) is 36.0 Å². The molecule has 25 heavy (non-hydrogen) atoms. The summed E-state index contributed by atoms with van der Waals surface area (Å²) in [5, 5.41) is 2.86. The number of nitrogens with zero attached hydrogens (tertiary/aromatic N) is 2. The molecule has 1 unspecified atom stereocenters. The molecule has 0 aliphatic heterocycles. The molecule has 0 bridgehead atoms. The Hall–Kier alpha value is -1.78. The van der Waals surface area contributed by atoms with Gasteiger partial charge >= 0.3 is 0 Å². The number of amides is 1. The van der Waals surface area contributed by atoms with Crippen molar-refractivity contribution < 1.29 is 15.3 Å². The number of anilines is 1. The van der Waals surface area contributed by atoms with E-state index >= 15 is 0 Å². The van der Waals surface area contributed by atoms with Crippen molar-refractivity contribution in [3.63, 3.8) is 0 Å². The topological polar surface area (TPSA) is 103 Å². The fourth-order valence-corrected chi connectivity index (χ4v) is 2.73. The highest BCUT2D eigenvalue weighted by Crippen LogP contribution is 2.33. The molecule has 0 fully saturated rings. The van der Waals surface area contributed by atoms with E-state index in [-0.39, 0.29) is 5.91 Å². The summed E-state index contributed by atoms with van der Waals surface area (Å²) in [6.45, 7) is 10.6. The van der Waals surface area contributed by atoms with Gasteiger partial charge in [0.1, 0.15) is 13.8 Å². The molecule has 138 valence electrons. The second-order valence-corrected chi connectivity index (χ2v) is 6.61. The Labute approximate surface area is 151 Å². The lowest BCUT2D eigenvalue weighted by Gasteiger charge is -2.11. The number of hydrazine groups is 1. The first kappa shape index (κ1) is 19.5. The number of nitrogen functional groups attached to an aromatic ring is 1. The molecule has 0 radical (unpaired) electrons. The van der Waals surface area contributed by atoms with Gasteiger partial charge < -0.3 is 24.6 Å². The van der Waals surface area contributed by atoms with Crippen LogP contribution < -0.4 is 16.6 Å². The van der Waals surface area contributed by atoms with Crippen molar-refractivity contribution in [1.82, 2.24) is 10.3 Å². The van der Waals surface area contributed by atoms with Crippen molar-refractivity contribution in [3.8, 4) is 0 Å². The molecule has 1 heterocycles. The lowest BCUT2D eigenvalue weighted by Crippen LogP contribution is -2.24. The second-order valence-electron chi connectivity index (χ2n) is 5.22. The van der Waals surface area contributed by atoms with E-state index in [1.807, 2.05) is 12.5 Å². The third-order valence-corrected chi connectivity index (χ3v) is 4.35. The molecule has 0 aliphatic carbocycles. The van der Waals surface area contributed by atoms with Crippen LogP contribution in [0.4, 0.5) is 5.82 Å². The van der Waals surface area contributed by atoms with Crippen molar-refractivity contribution in [2.75, 3.05) is 38.4 Å². The number of aromatic nitrogens is 1. The number of hydrogen-bond donors (Lipinski definition) is 3. The number of pyridine rings is 1. The average molecular weight is 368 g/mol. The lowest BCUT2D eigenvalue weighted by atomic mass is 10.2. The van der Waals surface area contributed by atoms with E-state index in [4.69, 9.17) is 17.0 Å². The Balaban J connectivity index is 2.01. The third kappa shape index (κ3) is 9.95. The zero-order chi connectivity index (χ0) is 19.0. The molecular weight excluding hydrogens is 341 g/mol. The lowest BCUT2D eigenvalue weighted by molar-refractivity contribution is 0.0952. The molecule has 0 aliphatic rings. The number of nitrogens with two attached hydrogens (primary N) is 1. The van der Waals surface area contributed by atoms with Crippen LogP contribution in [0.25, 0.3) is 4.85 Å². The van der Waals surface area contributed by atoms with Gasteiger partial charge in [0.05, 0.1) is 12.2 Å². The van der Waals surface area contributed by atoms with Gasteiger partial charge in [0, 0.05) is 19.4 Å². The number of unbranched alkanes of at least 4 members (excludes halogenated alkanes) is 3. The van der Waals surface area contributed by atoms with Gasteiger partial charge in [0.2, 0.25) is 6.54 Å². The zero-order valence-corrected chi connectivity index (χ0v) is 15.3. The Kier molecular flexibility index (Phi) is 10.6. The summed E-state index contributed by atoms with van der Waals surface area (Å²) >= 11 is 0. The Morgan fingerprint density at radius 3 is 2.88 bits per heavy atom. The number of carbonyl (C=O) groups is 1. The minimum atomic E-state index is -0.884. The highest BCUT2D eigenvalue weighted by atomic mass is 31.2. The summed E-state index contributed by atoms with van der Waals surface area (Å²) in [6, 6.07) is 3.28. The van der Waals surface area contributed by atoms with Crippen LogP contribution in [0.3, 0.4) is 0 Å². The molecule has 1 aromatic rings. The van der Waals surface area contributed by atoms with E-state index in [0.29, 0.717) is 37.7 Å². The standard InChI is InChI=1S/C16H26N5O3P/c1-18-10-12-24-25(2)23-11-6-4-3-5-9-19-16(22)14-7-8-15(21-17)20-13-14/h7-8,13H,3-6,9-12,17H2,2H3,(H,19,22)(H,20,21)/i/hD. The number of rotatable bonds is 14. The zero-order valence-electron chi connectivity index (χ0n) is 15.5. The van der Waals surface area contributed by atoms with Gasteiger partial charge in [-0.3, -0.25) is 4.79 Å². The van der Waals surface area contributed by atoms with Gasteiger partial charge in [0.25, 0.3) is 5.91 Å². The predicted molar refractivity (Wildman–Crippen MR) is 99.1 cm³/mol. The summed E-state index contributed by atoms with van der Waals surface area (Å²) in [5.41, 5.74) is 3.00. The normalized spacial score (nSPS) is 12.1. The van der Waals surface area contributed by atoms with Gasteiger partial charge in [-0.05, 0) is 25.0 Å². The molecule has 1 aromatic heterocycles. The smallest absolute Gasteiger partial charge is 0.252 e.